The van der Waals surface area contributed by atoms with Crippen LogP contribution in [0.2, 0.25) is 0 Å². The molecule has 0 aliphatic heterocycles. The van der Waals surface area contributed by atoms with Crippen LogP contribution < -0.4 is 0 Å². The highest BCUT2D eigenvalue weighted by Gasteiger charge is 2.10. The Labute approximate surface area is 94.8 Å². The van der Waals surface area contributed by atoms with Crippen LogP contribution in [0.3, 0.4) is 0 Å². The van der Waals surface area contributed by atoms with Crippen LogP contribution in [0.25, 0.3) is 0 Å². The molecule has 0 spiro atoms. The molecular weight excluding hydrogens is 208 g/mol. The summed E-state index contributed by atoms with van der Waals surface area (Å²) in [5.74, 6) is -0.414. The van der Waals surface area contributed by atoms with Crippen LogP contribution in [0.1, 0.15) is 12.5 Å². The average molecular weight is 224 g/mol. The lowest BCUT2D eigenvalue weighted by molar-refractivity contribution is -0.152. The van der Waals surface area contributed by atoms with Gasteiger partial charge in [0.15, 0.2) is 0 Å². The van der Waals surface area contributed by atoms with E-state index in [9.17, 15) is 4.79 Å². The van der Waals surface area contributed by atoms with E-state index in [2.05, 4.69) is 0 Å². The Kier molecular flexibility index (Phi) is 5.53. The van der Waals surface area contributed by atoms with Crippen molar-refractivity contribution >= 4 is 5.97 Å². The monoisotopic (exact) mass is 224 g/mol. The summed E-state index contributed by atoms with van der Waals surface area (Å²) in [5, 5.41) is 8.91. The van der Waals surface area contributed by atoms with E-state index < -0.39 is 12.1 Å². The predicted octanol–water partition coefficient (Wildman–Crippen LogP) is 1.13. The van der Waals surface area contributed by atoms with E-state index >= 15 is 0 Å². The van der Waals surface area contributed by atoms with E-state index in [-0.39, 0.29) is 13.2 Å². The molecule has 0 saturated carbocycles. The Bertz CT molecular complexity index is 310. The summed E-state index contributed by atoms with van der Waals surface area (Å²) in [4.78, 5) is 10.7. The molecule has 4 heteroatoms. The fourth-order valence-electron chi connectivity index (χ4n) is 1.24. The van der Waals surface area contributed by atoms with Crippen molar-refractivity contribution in [2.75, 3.05) is 13.2 Å². The Morgan fingerprint density at radius 3 is 2.62 bits per heavy atom. The number of carbonyl (C=O) groups excluding carboxylic acids is 1. The zero-order chi connectivity index (χ0) is 11.8. The molecule has 0 aliphatic carbocycles. The molecule has 0 radical (unpaired) electrons. The first kappa shape index (κ1) is 12.7. The predicted molar refractivity (Wildman–Crippen MR) is 58.7 cm³/mol. The van der Waals surface area contributed by atoms with Crippen LogP contribution in [-0.2, 0) is 20.9 Å². The number of hydrogen-bond donors (Lipinski definition) is 1. The zero-order valence-corrected chi connectivity index (χ0v) is 9.26. The SMILES string of the molecule is CC(=O)O[C@@H](CO)COCc1ccccc1. The van der Waals surface area contributed by atoms with Gasteiger partial charge in [-0.3, -0.25) is 4.79 Å². The normalized spacial score (nSPS) is 12.1. The molecule has 88 valence electrons. The minimum atomic E-state index is -0.582. The summed E-state index contributed by atoms with van der Waals surface area (Å²) < 4.78 is 10.2. The van der Waals surface area contributed by atoms with E-state index in [1.165, 1.54) is 6.92 Å². The number of carbonyl (C=O) groups is 1. The first-order valence-electron chi connectivity index (χ1n) is 5.12. The molecule has 0 saturated heterocycles. The first-order chi connectivity index (χ1) is 7.72. The van der Waals surface area contributed by atoms with Crippen LogP contribution in [0.4, 0.5) is 0 Å². The number of benzene rings is 1. The second kappa shape index (κ2) is 6.98. The fraction of sp³-hybridized carbons (Fsp3) is 0.417. The number of rotatable bonds is 6. The second-order valence-electron chi connectivity index (χ2n) is 3.41. The van der Waals surface area contributed by atoms with Crippen molar-refractivity contribution in [2.24, 2.45) is 0 Å². The van der Waals surface area contributed by atoms with Gasteiger partial charge in [-0.2, -0.15) is 0 Å². The van der Waals surface area contributed by atoms with Crippen molar-refractivity contribution in [1.82, 2.24) is 0 Å². The number of esters is 1. The van der Waals surface area contributed by atoms with Gasteiger partial charge in [0.05, 0.1) is 19.8 Å². The summed E-state index contributed by atoms with van der Waals surface area (Å²) in [6.45, 7) is 1.72. The molecule has 1 aromatic carbocycles. The fourth-order valence-corrected chi connectivity index (χ4v) is 1.24. The second-order valence-corrected chi connectivity index (χ2v) is 3.41. The Morgan fingerprint density at radius 1 is 1.38 bits per heavy atom. The third-order valence-electron chi connectivity index (χ3n) is 1.95. The van der Waals surface area contributed by atoms with Crippen LogP contribution in [-0.4, -0.2) is 30.4 Å². The Hall–Kier alpha value is -1.39. The maximum Gasteiger partial charge on any atom is 0.303 e. The molecule has 0 heterocycles. The van der Waals surface area contributed by atoms with E-state index in [1.54, 1.807) is 0 Å². The molecule has 0 amide bonds. The molecule has 0 unspecified atom stereocenters. The van der Waals surface area contributed by atoms with Gasteiger partial charge in [-0.25, -0.2) is 0 Å². The highest BCUT2D eigenvalue weighted by Crippen LogP contribution is 2.02. The van der Waals surface area contributed by atoms with Gasteiger partial charge in [0.25, 0.3) is 0 Å². The lowest BCUT2D eigenvalue weighted by Crippen LogP contribution is -2.26. The average Bonchev–Trinajstić information content (AvgIpc) is 2.28. The highest BCUT2D eigenvalue weighted by atomic mass is 16.6. The van der Waals surface area contributed by atoms with E-state index in [4.69, 9.17) is 14.6 Å². The van der Waals surface area contributed by atoms with Crippen LogP contribution in [0.5, 0.6) is 0 Å². The number of hydrogen-bond acceptors (Lipinski definition) is 4. The van der Waals surface area contributed by atoms with Crippen molar-refractivity contribution in [2.45, 2.75) is 19.6 Å². The molecule has 1 aromatic rings. The molecule has 16 heavy (non-hydrogen) atoms. The van der Waals surface area contributed by atoms with Gasteiger partial charge in [0.1, 0.15) is 6.10 Å². The third kappa shape index (κ3) is 4.91. The summed E-state index contributed by atoms with van der Waals surface area (Å²) in [5.41, 5.74) is 1.04. The maximum atomic E-state index is 10.7. The molecule has 1 rings (SSSR count). The minimum Gasteiger partial charge on any atom is -0.458 e. The van der Waals surface area contributed by atoms with Gasteiger partial charge in [-0.1, -0.05) is 30.3 Å². The van der Waals surface area contributed by atoms with E-state index in [1.807, 2.05) is 30.3 Å². The van der Waals surface area contributed by atoms with Crippen molar-refractivity contribution in [3.05, 3.63) is 35.9 Å². The van der Waals surface area contributed by atoms with Gasteiger partial charge in [0.2, 0.25) is 0 Å². The first-order valence-corrected chi connectivity index (χ1v) is 5.12. The molecule has 0 aliphatic rings. The highest BCUT2D eigenvalue weighted by molar-refractivity contribution is 5.66. The van der Waals surface area contributed by atoms with Gasteiger partial charge in [-0.15, -0.1) is 0 Å². The van der Waals surface area contributed by atoms with Crippen molar-refractivity contribution in [3.8, 4) is 0 Å². The summed E-state index contributed by atoms with van der Waals surface area (Å²) in [7, 11) is 0. The Morgan fingerprint density at radius 2 is 2.06 bits per heavy atom. The van der Waals surface area contributed by atoms with Crippen LogP contribution in [0.15, 0.2) is 30.3 Å². The largest absolute Gasteiger partial charge is 0.458 e. The number of aliphatic hydroxyl groups is 1. The van der Waals surface area contributed by atoms with E-state index in [0.717, 1.165) is 5.56 Å². The topological polar surface area (TPSA) is 55.8 Å². The molecule has 1 atom stereocenters. The lowest BCUT2D eigenvalue weighted by atomic mass is 10.2. The number of ether oxygens (including phenoxy) is 2. The standard InChI is InChI=1S/C12H16O4/c1-10(14)16-12(7-13)9-15-8-11-5-3-2-4-6-11/h2-6,12-13H,7-9H2,1H3/t12-/m0/s1. The quantitative estimate of drug-likeness (QED) is 0.736. The number of aliphatic hydroxyl groups excluding tert-OH is 1. The molecule has 4 nitrogen and oxygen atoms in total. The van der Waals surface area contributed by atoms with Gasteiger partial charge in [0, 0.05) is 6.92 Å². The van der Waals surface area contributed by atoms with Gasteiger partial charge in [-0.05, 0) is 5.56 Å². The molecule has 0 bridgehead atoms. The summed E-state index contributed by atoms with van der Waals surface area (Å²) >= 11 is 0. The summed E-state index contributed by atoms with van der Waals surface area (Å²) in [6, 6.07) is 9.67. The molecule has 1 N–H and O–H groups in total. The lowest BCUT2D eigenvalue weighted by Gasteiger charge is -2.14. The molecule has 0 aromatic heterocycles. The minimum absolute atomic E-state index is 0.199. The van der Waals surface area contributed by atoms with Gasteiger partial charge >= 0.3 is 5.97 Å². The van der Waals surface area contributed by atoms with Crippen LogP contribution in [0, 0.1) is 0 Å². The smallest absolute Gasteiger partial charge is 0.303 e. The third-order valence-corrected chi connectivity index (χ3v) is 1.95. The Balaban J connectivity index is 2.26. The van der Waals surface area contributed by atoms with Crippen LogP contribution >= 0.6 is 0 Å². The zero-order valence-electron chi connectivity index (χ0n) is 9.26. The van der Waals surface area contributed by atoms with Gasteiger partial charge < -0.3 is 14.6 Å². The van der Waals surface area contributed by atoms with Crippen molar-refractivity contribution in [3.63, 3.8) is 0 Å². The van der Waals surface area contributed by atoms with Crippen molar-refractivity contribution in [1.29, 1.82) is 0 Å². The van der Waals surface area contributed by atoms with Crippen molar-refractivity contribution < 1.29 is 19.4 Å². The maximum absolute atomic E-state index is 10.7. The molecular formula is C12H16O4. The molecule has 0 fully saturated rings. The summed E-state index contributed by atoms with van der Waals surface area (Å²) in [6.07, 6.45) is -0.582. The van der Waals surface area contributed by atoms with E-state index in [0.29, 0.717) is 6.61 Å².